The highest BCUT2D eigenvalue weighted by Gasteiger charge is 2.36. The average molecular weight is 571 g/mol. The van der Waals surface area contributed by atoms with E-state index in [0.29, 0.717) is 5.56 Å². The van der Waals surface area contributed by atoms with Gasteiger partial charge in [-0.1, -0.05) is 30.3 Å². The number of benzene rings is 2. The van der Waals surface area contributed by atoms with Crippen molar-refractivity contribution >= 4 is 17.7 Å². The molecule has 2 aromatic heterocycles. The minimum atomic E-state index is -4.90. The molecule has 2 aromatic carbocycles. The Labute approximate surface area is 230 Å². The second-order valence-corrected chi connectivity index (χ2v) is 9.19. The first-order valence-corrected chi connectivity index (χ1v) is 12.2. The molecule has 1 aliphatic heterocycles. The molecule has 0 bridgehead atoms. The van der Waals surface area contributed by atoms with Gasteiger partial charge in [0, 0.05) is 24.4 Å². The third kappa shape index (κ3) is 5.87. The summed E-state index contributed by atoms with van der Waals surface area (Å²) < 4.78 is 62.5. The van der Waals surface area contributed by atoms with Crippen LogP contribution in [0.4, 0.5) is 28.0 Å². The van der Waals surface area contributed by atoms with E-state index < -0.39 is 46.8 Å². The monoisotopic (exact) mass is 570 g/mol. The zero-order valence-electron chi connectivity index (χ0n) is 21.4. The van der Waals surface area contributed by atoms with Crippen LogP contribution < -0.4 is 5.32 Å². The Kier molecular flexibility index (Phi) is 7.41. The number of cyclic esters (lactones) is 1. The van der Waals surface area contributed by atoms with E-state index in [2.05, 4.69) is 20.4 Å². The van der Waals surface area contributed by atoms with E-state index >= 15 is 0 Å². The van der Waals surface area contributed by atoms with Crippen molar-refractivity contribution in [2.75, 3.05) is 18.5 Å². The van der Waals surface area contributed by atoms with E-state index in [-0.39, 0.29) is 48.7 Å². The molecule has 10 nitrogen and oxygen atoms in total. The molecular formula is C27H22F4N6O4. The van der Waals surface area contributed by atoms with E-state index in [9.17, 15) is 32.3 Å². The average Bonchev–Trinajstić information content (AvgIpc) is 3.54. The topological polar surface area (TPSA) is 122 Å². The summed E-state index contributed by atoms with van der Waals surface area (Å²) in [4.78, 5) is 35.3. The number of rotatable bonds is 7. The number of aliphatic hydroxyl groups is 1. The molecule has 1 aliphatic rings. The molecule has 0 saturated carbocycles. The number of halogens is 4. The number of alkyl halides is 3. The van der Waals surface area contributed by atoms with Crippen molar-refractivity contribution in [1.29, 1.82) is 0 Å². The molecule has 2 N–H and O–H groups in total. The lowest BCUT2D eigenvalue weighted by Gasteiger charge is -2.16. The zero-order valence-corrected chi connectivity index (χ0v) is 21.4. The molecule has 1 atom stereocenters. The van der Waals surface area contributed by atoms with E-state index in [0.717, 1.165) is 6.07 Å². The van der Waals surface area contributed by atoms with E-state index in [4.69, 9.17) is 4.74 Å². The number of aliphatic hydroxyl groups excluding tert-OH is 1. The molecule has 1 saturated heterocycles. The van der Waals surface area contributed by atoms with Crippen LogP contribution in [0.2, 0.25) is 0 Å². The highest BCUT2D eigenvalue weighted by molar-refractivity contribution is 6.06. The maximum atomic E-state index is 15.0. The van der Waals surface area contributed by atoms with Gasteiger partial charge in [-0.15, -0.1) is 0 Å². The van der Waals surface area contributed by atoms with Gasteiger partial charge < -0.3 is 15.2 Å². The normalized spacial score (nSPS) is 15.2. The SMILES string of the molecule is Cn1ccc(-c2cc(C(=O)Nc3cnc(CN4CC(CO)OC4=O)nc3-c3ccccc3)c(F)cc2C(F)(F)F)n1. The molecule has 14 heteroatoms. The second kappa shape index (κ2) is 11.0. The Hall–Kier alpha value is -4.85. The van der Waals surface area contributed by atoms with Crippen molar-refractivity contribution in [3.63, 3.8) is 0 Å². The third-order valence-electron chi connectivity index (χ3n) is 6.27. The van der Waals surface area contributed by atoms with Crippen LogP contribution in [0.15, 0.2) is 60.9 Å². The highest BCUT2D eigenvalue weighted by atomic mass is 19.4. The lowest BCUT2D eigenvalue weighted by Crippen LogP contribution is -2.26. The summed E-state index contributed by atoms with van der Waals surface area (Å²) in [6, 6.07) is 11.0. The minimum Gasteiger partial charge on any atom is -0.442 e. The fraction of sp³-hybridized carbons (Fsp3) is 0.222. The van der Waals surface area contributed by atoms with Crippen LogP contribution in [0.5, 0.6) is 0 Å². The number of ether oxygens (including phenoxy) is 1. The van der Waals surface area contributed by atoms with Gasteiger partial charge in [0.1, 0.15) is 17.7 Å². The van der Waals surface area contributed by atoms with Gasteiger partial charge in [-0.3, -0.25) is 14.4 Å². The summed E-state index contributed by atoms with van der Waals surface area (Å²) >= 11 is 0. The Balaban J connectivity index is 1.50. The Morgan fingerprint density at radius 2 is 1.95 bits per heavy atom. The van der Waals surface area contributed by atoms with Gasteiger partial charge in [0.2, 0.25) is 0 Å². The Morgan fingerprint density at radius 1 is 1.20 bits per heavy atom. The van der Waals surface area contributed by atoms with Crippen LogP contribution in [0.1, 0.15) is 21.7 Å². The molecule has 0 spiro atoms. The largest absolute Gasteiger partial charge is 0.442 e. The number of nitrogens with zero attached hydrogens (tertiary/aromatic N) is 5. The number of carbonyl (C=O) groups excluding carboxylic acids is 2. The fourth-order valence-corrected chi connectivity index (χ4v) is 4.31. The maximum absolute atomic E-state index is 15.0. The fourth-order valence-electron chi connectivity index (χ4n) is 4.31. The number of hydrogen-bond donors (Lipinski definition) is 2. The van der Waals surface area contributed by atoms with E-state index in [1.807, 2.05) is 0 Å². The van der Waals surface area contributed by atoms with Crippen molar-refractivity contribution in [1.82, 2.24) is 24.6 Å². The highest BCUT2D eigenvalue weighted by Crippen LogP contribution is 2.38. The summed E-state index contributed by atoms with van der Waals surface area (Å²) in [7, 11) is 1.51. The quantitative estimate of drug-likeness (QED) is 0.318. The van der Waals surface area contributed by atoms with Gasteiger partial charge in [-0.05, 0) is 18.2 Å². The summed E-state index contributed by atoms with van der Waals surface area (Å²) in [5.41, 5.74) is -1.63. The summed E-state index contributed by atoms with van der Waals surface area (Å²) in [5.74, 6) is -2.22. The minimum absolute atomic E-state index is 0.0512. The number of anilines is 1. The van der Waals surface area contributed by atoms with Gasteiger partial charge in [0.25, 0.3) is 5.91 Å². The van der Waals surface area contributed by atoms with Gasteiger partial charge in [-0.25, -0.2) is 19.2 Å². The second-order valence-electron chi connectivity index (χ2n) is 9.19. The zero-order chi connectivity index (χ0) is 29.3. The van der Waals surface area contributed by atoms with Crippen molar-refractivity contribution in [2.45, 2.75) is 18.8 Å². The molecule has 5 rings (SSSR count). The number of amides is 2. The maximum Gasteiger partial charge on any atom is 0.417 e. The van der Waals surface area contributed by atoms with Crippen LogP contribution >= 0.6 is 0 Å². The number of hydrogen-bond acceptors (Lipinski definition) is 7. The van der Waals surface area contributed by atoms with Crippen molar-refractivity contribution in [2.24, 2.45) is 7.05 Å². The first-order chi connectivity index (χ1) is 19.5. The smallest absolute Gasteiger partial charge is 0.417 e. The molecule has 2 amide bonds. The van der Waals surface area contributed by atoms with Gasteiger partial charge >= 0.3 is 12.3 Å². The van der Waals surface area contributed by atoms with Gasteiger partial charge in [0.15, 0.2) is 0 Å². The molecule has 0 radical (unpaired) electrons. The first-order valence-electron chi connectivity index (χ1n) is 12.2. The predicted molar refractivity (Wildman–Crippen MR) is 137 cm³/mol. The summed E-state index contributed by atoms with van der Waals surface area (Å²) in [5, 5.41) is 15.8. The molecule has 41 heavy (non-hydrogen) atoms. The van der Waals surface area contributed by atoms with Gasteiger partial charge in [-0.2, -0.15) is 18.3 Å². The Bertz CT molecular complexity index is 1610. The van der Waals surface area contributed by atoms with Crippen LogP contribution in [0, 0.1) is 5.82 Å². The number of carbonyl (C=O) groups is 2. The first kappa shape index (κ1) is 27.7. The van der Waals surface area contributed by atoms with Crippen LogP contribution in [0.25, 0.3) is 22.5 Å². The van der Waals surface area contributed by atoms with Crippen molar-refractivity contribution < 1.29 is 37.0 Å². The number of aryl methyl sites for hydroxylation is 1. The Morgan fingerprint density at radius 3 is 2.59 bits per heavy atom. The van der Waals surface area contributed by atoms with Crippen molar-refractivity contribution in [3.8, 4) is 22.5 Å². The third-order valence-corrected chi connectivity index (χ3v) is 6.27. The molecular weight excluding hydrogens is 548 g/mol. The molecule has 212 valence electrons. The van der Waals surface area contributed by atoms with Crippen molar-refractivity contribution in [3.05, 3.63) is 83.7 Å². The molecule has 0 aliphatic carbocycles. The molecule has 1 fully saturated rings. The standard InChI is InChI=1S/C27H22F4N6O4/c1-36-8-7-21(35-36)17-9-18(20(28)10-19(17)27(29,30)31)25(39)33-22-11-32-23(13-37-12-16(14-38)41-26(37)40)34-24(22)15-5-3-2-4-6-15/h2-11,16,38H,12-14H2,1H3,(H,33,39). The molecule has 4 aromatic rings. The molecule has 3 heterocycles. The van der Waals surface area contributed by atoms with Gasteiger partial charge in [0.05, 0.1) is 54.1 Å². The summed E-state index contributed by atoms with van der Waals surface area (Å²) in [6.07, 6.45) is -3.53. The number of aromatic nitrogens is 4. The lowest BCUT2D eigenvalue weighted by atomic mass is 9.99. The van der Waals surface area contributed by atoms with Crippen LogP contribution in [-0.4, -0.2) is 61.0 Å². The summed E-state index contributed by atoms with van der Waals surface area (Å²) in [6.45, 7) is -0.264. The lowest BCUT2D eigenvalue weighted by molar-refractivity contribution is -0.137. The predicted octanol–water partition coefficient (Wildman–Crippen LogP) is 4.27. The molecule has 1 unspecified atom stereocenters. The van der Waals surface area contributed by atoms with Crippen LogP contribution in [-0.2, 0) is 24.5 Å². The van der Waals surface area contributed by atoms with Crippen LogP contribution in [0.3, 0.4) is 0 Å². The number of nitrogens with one attached hydrogen (secondary N) is 1. The van der Waals surface area contributed by atoms with E-state index in [1.165, 1.54) is 35.1 Å². The van der Waals surface area contributed by atoms with E-state index in [1.54, 1.807) is 30.3 Å².